The lowest BCUT2D eigenvalue weighted by Crippen LogP contribution is -2.54. The second-order valence-corrected chi connectivity index (χ2v) is 53.2. The van der Waals surface area contributed by atoms with Crippen LogP contribution in [0.5, 0.6) is 0 Å². The van der Waals surface area contributed by atoms with Crippen LogP contribution in [0.4, 0.5) is 0 Å². The maximum atomic E-state index is 5.62. The van der Waals surface area contributed by atoms with E-state index in [0.29, 0.717) is 24.3 Å². The minimum Gasteiger partial charge on any atom is -0.376 e. The Morgan fingerprint density at radius 3 is 1.05 bits per heavy atom. The first kappa shape index (κ1) is 118. The van der Waals surface area contributed by atoms with E-state index in [1.807, 2.05) is 0 Å². The van der Waals surface area contributed by atoms with Crippen molar-refractivity contribution in [3.8, 4) is 0 Å². The largest absolute Gasteiger partial charge is 0.376 e. The van der Waals surface area contributed by atoms with E-state index in [1.54, 1.807) is 25.7 Å². The Bertz CT molecular complexity index is 2430. The molecule has 0 amide bonds. The zero-order chi connectivity index (χ0) is 99.3. The van der Waals surface area contributed by atoms with Crippen LogP contribution in [0.15, 0.2) is 0 Å². The van der Waals surface area contributed by atoms with Gasteiger partial charge in [-0.15, -0.1) is 0 Å². The fraction of sp³-hybridized carbons (Fsp3) is 1.00. The SMILES string of the molecule is C1CC2CCCC2C1.C1CC2CCCN2C1.C1CC2CCNCC2C1.C1CC2CNCC2C1.C1CC2NCCC2N1.C1CC2OCCC2N1.C1CC2SCCC2N1.C1CCC2CNCCC2C1.C1CCC2NCCCC2C1.C1CCC2OCCNC2C1.C1CCCCC1.C1CCN2CCCCC2C1.C1CCN2CNCCC2C1.C1CCNCC1.C1CNC2CCCNC2C1.C1CNC2CNCC2C1.C1NCC2CNCC12. The molecule has 146 heavy (non-hydrogen) atoms. The Kier molecular flexibility index (Phi) is 56.9. The van der Waals surface area contributed by atoms with Crippen molar-refractivity contribution in [2.75, 3.05) is 215 Å². The van der Waals surface area contributed by atoms with E-state index in [1.165, 1.54) is 573 Å². The minimum absolute atomic E-state index is 0.544. The summed E-state index contributed by atoms with van der Waals surface area (Å²) in [6, 6.07) is 10.1. The van der Waals surface area contributed by atoms with Gasteiger partial charge in [-0.05, 0) is 491 Å². The first-order valence-electron chi connectivity index (χ1n) is 65.8. The molecule has 32 rings (SSSR count). The van der Waals surface area contributed by atoms with E-state index in [2.05, 4.69) is 117 Å². The Hall–Kier alpha value is -0.530. The normalized spacial score (nSPS) is 39.4. The van der Waals surface area contributed by atoms with E-state index < -0.39 is 0 Å². The number of morpholine rings is 1. The number of rotatable bonds is 0. The van der Waals surface area contributed by atoms with Crippen molar-refractivity contribution < 1.29 is 9.47 Å². The molecule has 8 saturated carbocycles. The van der Waals surface area contributed by atoms with E-state index in [0.717, 1.165) is 158 Å². The van der Waals surface area contributed by atoms with Crippen molar-refractivity contribution >= 4 is 11.8 Å². The molecule has 22 nitrogen and oxygen atoms in total. The van der Waals surface area contributed by atoms with Gasteiger partial charge < -0.3 is 110 Å². The van der Waals surface area contributed by atoms with Crippen LogP contribution in [-0.4, -0.2) is 320 Å². The van der Waals surface area contributed by atoms with E-state index in [-0.39, 0.29) is 0 Å². The summed E-state index contributed by atoms with van der Waals surface area (Å²) in [5, 5.41) is 59.8. The molecule has 24 heterocycles. The summed E-state index contributed by atoms with van der Waals surface area (Å²) in [4.78, 5) is 7.93. The fourth-order valence-corrected chi connectivity index (χ4v) is 34.4. The lowest BCUT2D eigenvalue weighted by molar-refractivity contribution is -0.0235. The van der Waals surface area contributed by atoms with Gasteiger partial charge in [-0.25, -0.2) is 0 Å². The predicted octanol–water partition coefficient (Wildman–Crippen LogP) is 17.4. The zero-order valence-corrected chi connectivity index (χ0v) is 95.4. The standard InChI is InChI=1S/3C9H17N.2C8H16N2.C8H15NO.C8H15N.C8H14.C7H14N2.2C7H13N.2C6H12N2.C6H11NO.C6H11NS.C6H12.C5H11N/c1-3-7-10-8-4-2-6-9(10)5-1;1-2-6-9-8(4-1)5-3-7-10-9;1-2-4-9-7-10-6-5-8(9)3-1;1-3-7-8(9-5-1)4-2-6-10-7;1-2-6-10-7-9-5-4-8(10)3-1;1-2-4-8-7(3-1)9-5-6-10-8;1-2-7-4-5-9-6-8(7)3-1;1-3-7-5-2-6-8(7)4-1;1-2-6-4-8-5-7(6)9-3-1;1-3-7-4-2-6-8(7)5-1;1-2-6-4-8-5-7(6)3-1;1-5-2-8-4-6(5)3-7-1;1-3-7-6-2-4-8-5(1)6;2*1-3-7-5-2-4-8-6(1)5;2*1-2-4-6-5-3-1/h9H,1-8H2;2*8-10H,1-7H2;7-10H,1-6H2;8-9H,1-7H2;7-9H,1-6H2;7-9H,1-6H2;7-8H,1-6H2;6-9H,1-5H2;7H,1-6H2;6-8H,1-5H2;2*5-8H,1-4H2;2*5-7H,1-4H2;1-6H2;6H,1-5H2. The van der Waals surface area contributed by atoms with E-state index in [4.69, 9.17) is 9.47 Å². The first-order chi connectivity index (χ1) is 72.5. The highest BCUT2D eigenvalue weighted by Crippen LogP contribution is 2.44. The molecule has 0 aromatic heterocycles. The zero-order valence-electron chi connectivity index (χ0n) is 94.5. The molecule has 8 aliphatic carbocycles. The summed E-state index contributed by atoms with van der Waals surface area (Å²) in [6.45, 7) is 39.8. The van der Waals surface area contributed by atoms with Crippen molar-refractivity contribution in [3.05, 3.63) is 0 Å². The van der Waals surface area contributed by atoms with Gasteiger partial charge in [0.25, 0.3) is 0 Å². The van der Waals surface area contributed by atoms with Crippen LogP contribution in [0.3, 0.4) is 0 Å². The van der Waals surface area contributed by atoms with Gasteiger partial charge in [-0.2, -0.15) is 11.8 Å². The average molecular weight is 2060 g/mol. The van der Waals surface area contributed by atoms with Crippen LogP contribution in [0.25, 0.3) is 0 Å². The summed E-state index contributed by atoms with van der Waals surface area (Å²) in [5.41, 5.74) is 0. The van der Waals surface area contributed by atoms with Crippen molar-refractivity contribution in [3.63, 3.8) is 0 Å². The van der Waals surface area contributed by atoms with Gasteiger partial charge in [0.05, 0.1) is 18.8 Å². The molecule has 24 aliphatic heterocycles. The van der Waals surface area contributed by atoms with Crippen LogP contribution in [-0.2, 0) is 9.47 Å². The lowest BCUT2D eigenvalue weighted by atomic mass is 9.76. The molecule has 0 aromatic rings. The van der Waals surface area contributed by atoms with Gasteiger partial charge in [0, 0.05) is 104 Å². The summed E-state index contributed by atoms with van der Waals surface area (Å²) in [6.07, 6.45) is 92.4. The van der Waals surface area contributed by atoms with Crippen LogP contribution in [0.2, 0.25) is 0 Å². The molecule has 0 spiro atoms. The van der Waals surface area contributed by atoms with Crippen molar-refractivity contribution in [1.29, 1.82) is 0 Å². The quantitative estimate of drug-likeness (QED) is 0.108. The Balaban J connectivity index is 0.000000111. The Labute approximate surface area is 901 Å². The monoisotopic (exact) mass is 2060 g/mol. The van der Waals surface area contributed by atoms with Gasteiger partial charge in [0.2, 0.25) is 0 Å². The number of thioether (sulfide) groups is 1. The molecule has 846 valence electrons. The number of fused-ring (bicyclic) bond motifs is 15. The van der Waals surface area contributed by atoms with Crippen molar-refractivity contribution in [2.45, 2.75) is 494 Å². The summed E-state index contributed by atoms with van der Waals surface area (Å²) >= 11 is 2.15. The third kappa shape index (κ3) is 41.3. The van der Waals surface area contributed by atoms with Crippen LogP contribution in [0.1, 0.15) is 405 Å². The second kappa shape index (κ2) is 70.4. The number of hydrogen-bond acceptors (Lipinski definition) is 23. The maximum Gasteiger partial charge on any atom is 0.0740 e. The minimum atomic E-state index is 0.544. The molecule has 32 fully saturated rings. The highest BCUT2D eigenvalue weighted by molar-refractivity contribution is 8.00. The molecular formula is C123H236N20O2S. The molecule has 21 unspecified atom stereocenters. The van der Waals surface area contributed by atoms with Gasteiger partial charge in [-0.1, -0.05) is 167 Å². The molecule has 0 bridgehead atoms. The third-order valence-electron chi connectivity index (χ3n) is 41.9. The van der Waals surface area contributed by atoms with Crippen LogP contribution < -0.4 is 90.4 Å². The molecule has 32 aliphatic rings. The molecule has 17 N–H and O–H groups in total. The maximum absolute atomic E-state index is 5.62. The molecule has 0 aromatic carbocycles. The summed E-state index contributed by atoms with van der Waals surface area (Å²) < 4.78 is 11.0. The second-order valence-electron chi connectivity index (χ2n) is 51.9. The molecule has 23 heteroatoms. The highest BCUT2D eigenvalue weighted by Gasteiger charge is 2.40. The van der Waals surface area contributed by atoms with Crippen molar-refractivity contribution in [2.24, 2.45) is 71.0 Å². The Morgan fingerprint density at radius 1 is 0.164 bits per heavy atom. The smallest absolute Gasteiger partial charge is 0.0740 e. The van der Waals surface area contributed by atoms with Crippen LogP contribution in [0, 0.1) is 71.0 Å². The number of hydrogen-bond donors (Lipinski definition) is 17. The van der Waals surface area contributed by atoms with Crippen LogP contribution >= 0.6 is 11.8 Å². The van der Waals surface area contributed by atoms with Gasteiger partial charge in [-0.3, -0.25) is 4.90 Å². The van der Waals surface area contributed by atoms with Crippen molar-refractivity contribution in [1.82, 2.24) is 105 Å². The Morgan fingerprint density at radius 2 is 0.521 bits per heavy atom. The highest BCUT2D eigenvalue weighted by atomic mass is 32.2. The van der Waals surface area contributed by atoms with E-state index >= 15 is 0 Å². The fourth-order valence-electron chi connectivity index (χ4n) is 32.9. The summed E-state index contributed by atoms with van der Waals surface area (Å²) in [5.74, 6) is 14.1. The predicted molar refractivity (Wildman–Crippen MR) is 619 cm³/mol. The van der Waals surface area contributed by atoms with Gasteiger partial charge in [0.1, 0.15) is 0 Å². The first-order valence-corrected chi connectivity index (χ1v) is 66.9. The summed E-state index contributed by atoms with van der Waals surface area (Å²) in [7, 11) is 0. The molecular weight excluding hydrogens is 1820 g/mol. The average Bonchev–Trinajstić information content (AvgIpc) is 1.65. The molecule has 24 saturated heterocycles. The van der Waals surface area contributed by atoms with Gasteiger partial charge >= 0.3 is 0 Å². The molecule has 0 radical (unpaired) electrons. The topological polar surface area (TPSA) is 233 Å². The number of ether oxygens (including phenoxy) is 2. The number of piperidine rings is 10. The third-order valence-corrected chi connectivity index (χ3v) is 43.4. The van der Waals surface area contributed by atoms with Gasteiger partial charge in [0.15, 0.2) is 0 Å². The van der Waals surface area contributed by atoms with E-state index in [9.17, 15) is 0 Å². The molecule has 21 atom stereocenters. The lowest BCUT2D eigenvalue weighted by Gasteiger charge is -2.39. The number of nitrogens with one attached hydrogen (secondary N) is 17. The number of nitrogens with zero attached hydrogens (tertiary/aromatic N) is 3.